The van der Waals surface area contributed by atoms with Gasteiger partial charge in [0.2, 0.25) is 0 Å². The Balaban J connectivity index is 2.32. The van der Waals surface area contributed by atoms with E-state index in [0.717, 1.165) is 5.56 Å². The highest BCUT2D eigenvalue weighted by molar-refractivity contribution is 5.82. The first-order valence-electron chi connectivity index (χ1n) is 8.20. The summed E-state index contributed by atoms with van der Waals surface area (Å²) in [7, 11) is 0. The molecule has 10 heteroatoms. The van der Waals surface area contributed by atoms with Gasteiger partial charge in [0.05, 0.1) is 0 Å². The number of hydrogen-bond donors (Lipinski definition) is 4. The third-order valence-electron chi connectivity index (χ3n) is 3.60. The normalized spacial score (nSPS) is 11.3. The maximum atomic E-state index is 11.6. The highest BCUT2D eigenvalue weighted by Gasteiger charge is 2.30. The summed E-state index contributed by atoms with van der Waals surface area (Å²) in [5, 5.41) is 29.4. The summed E-state index contributed by atoms with van der Waals surface area (Å²) in [6, 6.07) is 7.63. The molecule has 0 radical (unpaired) electrons. The molecular formula is C17H22N2O8. The van der Waals surface area contributed by atoms with Gasteiger partial charge in [0.25, 0.3) is 0 Å². The van der Waals surface area contributed by atoms with E-state index >= 15 is 0 Å². The lowest BCUT2D eigenvalue weighted by atomic mass is 10.1. The van der Waals surface area contributed by atoms with Crippen LogP contribution < -0.4 is 5.32 Å². The highest BCUT2D eigenvalue weighted by Crippen LogP contribution is 2.10. The largest absolute Gasteiger partial charge is 0.480 e. The molecule has 0 saturated heterocycles. The lowest BCUT2D eigenvalue weighted by Crippen LogP contribution is -2.47. The fourth-order valence-electron chi connectivity index (χ4n) is 2.30. The smallest absolute Gasteiger partial charge is 0.408 e. The van der Waals surface area contributed by atoms with Crippen molar-refractivity contribution >= 4 is 24.1 Å². The number of rotatable bonds is 11. The fraction of sp³-hybridized carbons (Fsp3) is 0.412. The van der Waals surface area contributed by atoms with Crippen molar-refractivity contribution in [3.8, 4) is 0 Å². The number of carboxylic acid groups (broad SMARTS) is 3. The zero-order chi connectivity index (χ0) is 20.2. The average molecular weight is 382 g/mol. The first-order chi connectivity index (χ1) is 12.8. The van der Waals surface area contributed by atoms with Crippen molar-refractivity contribution in [1.82, 2.24) is 10.2 Å². The zero-order valence-corrected chi connectivity index (χ0v) is 14.5. The summed E-state index contributed by atoms with van der Waals surface area (Å²) in [5.41, 5.74) is 0.837. The molecule has 1 atom stereocenters. The van der Waals surface area contributed by atoms with E-state index < -0.39 is 36.7 Å². The van der Waals surface area contributed by atoms with E-state index in [1.54, 1.807) is 0 Å². The first-order valence-corrected chi connectivity index (χ1v) is 8.20. The molecule has 4 N–H and O–H groups in total. The molecule has 2 amide bonds. The van der Waals surface area contributed by atoms with Gasteiger partial charge in [-0.1, -0.05) is 30.3 Å². The van der Waals surface area contributed by atoms with Crippen molar-refractivity contribution in [1.29, 1.82) is 0 Å². The summed E-state index contributed by atoms with van der Waals surface area (Å²) in [5.74, 6) is -2.86. The minimum Gasteiger partial charge on any atom is -0.480 e. The predicted molar refractivity (Wildman–Crippen MR) is 92.3 cm³/mol. The quantitative estimate of drug-likeness (QED) is 0.421. The molecule has 0 spiro atoms. The molecular weight excluding hydrogens is 360 g/mol. The van der Waals surface area contributed by atoms with Crippen LogP contribution in [0.25, 0.3) is 0 Å². The Morgan fingerprint density at radius 1 is 1.04 bits per heavy atom. The molecule has 0 fully saturated rings. The maximum Gasteiger partial charge on any atom is 0.408 e. The molecule has 0 bridgehead atoms. The number of ether oxygens (including phenoxy) is 1. The van der Waals surface area contributed by atoms with Crippen LogP contribution in [0.5, 0.6) is 0 Å². The predicted octanol–water partition coefficient (Wildman–Crippen LogP) is 1.60. The van der Waals surface area contributed by atoms with Crippen molar-refractivity contribution < 1.29 is 39.2 Å². The summed E-state index contributed by atoms with van der Waals surface area (Å²) >= 11 is 0. The number of carbonyl (C=O) groups excluding carboxylic acids is 1. The van der Waals surface area contributed by atoms with Crippen molar-refractivity contribution in [3.63, 3.8) is 0 Å². The Bertz CT molecular complexity index is 650. The maximum absolute atomic E-state index is 11.6. The minimum absolute atomic E-state index is 0.0738. The van der Waals surface area contributed by atoms with Crippen LogP contribution in [-0.4, -0.2) is 63.5 Å². The Hall–Kier alpha value is -3.30. The number of amides is 2. The van der Waals surface area contributed by atoms with Gasteiger partial charge in [-0.15, -0.1) is 0 Å². The Kier molecular flexibility index (Phi) is 9.13. The summed E-state index contributed by atoms with van der Waals surface area (Å²) in [6.45, 7) is -0.584. The number of benzene rings is 1. The van der Waals surface area contributed by atoms with E-state index in [-0.39, 0.29) is 26.0 Å². The Morgan fingerprint density at radius 2 is 1.70 bits per heavy atom. The molecule has 1 unspecified atom stereocenters. The van der Waals surface area contributed by atoms with Crippen LogP contribution >= 0.6 is 0 Å². The number of carboxylic acids is 2. The topological polar surface area (TPSA) is 153 Å². The average Bonchev–Trinajstić information content (AvgIpc) is 2.61. The van der Waals surface area contributed by atoms with E-state index in [1.165, 1.54) is 0 Å². The molecule has 27 heavy (non-hydrogen) atoms. The molecule has 0 heterocycles. The second-order valence-electron chi connectivity index (χ2n) is 5.64. The van der Waals surface area contributed by atoms with E-state index in [0.29, 0.717) is 11.3 Å². The summed E-state index contributed by atoms with van der Waals surface area (Å²) in [6.07, 6.45) is -1.65. The fourth-order valence-corrected chi connectivity index (χ4v) is 2.30. The van der Waals surface area contributed by atoms with Crippen molar-refractivity contribution in [3.05, 3.63) is 35.9 Å². The molecule has 1 rings (SSSR count). The molecule has 0 aliphatic rings. The van der Waals surface area contributed by atoms with Gasteiger partial charge in [0.15, 0.2) is 0 Å². The van der Waals surface area contributed by atoms with E-state index in [4.69, 9.17) is 20.1 Å². The lowest BCUT2D eigenvalue weighted by Gasteiger charge is -2.24. The highest BCUT2D eigenvalue weighted by atomic mass is 16.5. The van der Waals surface area contributed by atoms with Gasteiger partial charge < -0.3 is 25.4 Å². The Labute approximate surface area is 155 Å². The molecule has 10 nitrogen and oxygen atoms in total. The van der Waals surface area contributed by atoms with Gasteiger partial charge in [-0.25, -0.2) is 14.4 Å². The van der Waals surface area contributed by atoms with Gasteiger partial charge >= 0.3 is 24.1 Å². The van der Waals surface area contributed by atoms with Crippen LogP contribution in [0, 0.1) is 0 Å². The van der Waals surface area contributed by atoms with Crippen LogP contribution in [-0.2, 0) is 20.9 Å². The number of unbranched alkanes of at least 4 members (excludes halogenated alkanes) is 1. The SMILES string of the molecule is O=C(O)CN(C(=O)O)C(CCCCNC(=O)OCc1ccccc1)C(=O)O. The second kappa shape index (κ2) is 11.3. The van der Waals surface area contributed by atoms with Crippen LogP contribution in [0.2, 0.25) is 0 Å². The molecule has 1 aromatic rings. The second-order valence-corrected chi connectivity index (χ2v) is 5.64. The van der Waals surface area contributed by atoms with Gasteiger partial charge in [-0.2, -0.15) is 0 Å². The number of carbonyl (C=O) groups is 4. The van der Waals surface area contributed by atoms with E-state index in [1.807, 2.05) is 30.3 Å². The van der Waals surface area contributed by atoms with Crippen molar-refractivity contribution in [2.75, 3.05) is 13.1 Å². The van der Waals surface area contributed by atoms with Crippen LogP contribution in [0.1, 0.15) is 24.8 Å². The monoisotopic (exact) mass is 382 g/mol. The molecule has 0 aromatic heterocycles. The number of alkyl carbamates (subject to hydrolysis) is 1. The first kappa shape index (κ1) is 21.7. The molecule has 0 aliphatic carbocycles. The van der Waals surface area contributed by atoms with Gasteiger partial charge in [0, 0.05) is 6.54 Å². The van der Waals surface area contributed by atoms with Gasteiger partial charge in [-0.05, 0) is 24.8 Å². The van der Waals surface area contributed by atoms with Crippen molar-refractivity contribution in [2.24, 2.45) is 0 Å². The number of nitrogens with one attached hydrogen (secondary N) is 1. The number of aliphatic carboxylic acids is 2. The van der Waals surface area contributed by atoms with Crippen LogP contribution in [0.3, 0.4) is 0 Å². The zero-order valence-electron chi connectivity index (χ0n) is 14.5. The number of hydrogen-bond acceptors (Lipinski definition) is 5. The Morgan fingerprint density at radius 3 is 2.26 bits per heavy atom. The minimum atomic E-state index is -1.62. The molecule has 0 aliphatic heterocycles. The van der Waals surface area contributed by atoms with Gasteiger partial charge in [-0.3, -0.25) is 9.69 Å². The van der Waals surface area contributed by atoms with E-state index in [9.17, 15) is 19.2 Å². The van der Waals surface area contributed by atoms with Crippen LogP contribution in [0.15, 0.2) is 30.3 Å². The van der Waals surface area contributed by atoms with Crippen molar-refractivity contribution in [2.45, 2.75) is 31.9 Å². The lowest BCUT2D eigenvalue weighted by molar-refractivity contribution is -0.145. The van der Waals surface area contributed by atoms with Gasteiger partial charge in [0.1, 0.15) is 19.2 Å². The van der Waals surface area contributed by atoms with E-state index in [2.05, 4.69) is 5.32 Å². The molecule has 1 aromatic carbocycles. The third-order valence-corrected chi connectivity index (χ3v) is 3.60. The summed E-state index contributed by atoms with van der Waals surface area (Å²) in [4.78, 5) is 44.9. The number of nitrogens with zero attached hydrogens (tertiary/aromatic N) is 1. The van der Waals surface area contributed by atoms with Crippen LogP contribution in [0.4, 0.5) is 9.59 Å². The summed E-state index contributed by atoms with van der Waals surface area (Å²) < 4.78 is 5.01. The third kappa shape index (κ3) is 8.56. The molecule has 148 valence electrons. The molecule has 0 saturated carbocycles. The standard InChI is InChI=1S/C17H22N2O8/c20-14(21)10-19(17(25)26)13(15(22)23)8-4-5-9-18-16(24)27-11-12-6-2-1-3-7-12/h1-3,6-7,13H,4-5,8-11H2,(H,18,24)(H,20,21)(H,22,23)(H,25,26).